The van der Waals surface area contributed by atoms with Gasteiger partial charge in [-0.05, 0) is 38.4 Å². The fraction of sp³-hybridized carbons (Fsp3) is 0.833. The molecule has 0 aromatic heterocycles. The van der Waals surface area contributed by atoms with Gasteiger partial charge in [-0.2, -0.15) is 0 Å². The number of piperidine rings is 1. The molecule has 0 spiro atoms. The average Bonchev–Trinajstić information content (AvgIpc) is 2.35. The van der Waals surface area contributed by atoms with Crippen LogP contribution in [0.3, 0.4) is 0 Å². The number of amides is 2. The molecule has 18 heavy (non-hydrogen) atoms. The molecule has 0 aliphatic carbocycles. The molecule has 0 radical (unpaired) electrons. The van der Waals surface area contributed by atoms with E-state index in [2.05, 4.69) is 17.1 Å². The van der Waals surface area contributed by atoms with E-state index in [1.165, 1.54) is 11.9 Å². The number of urea groups is 1. The lowest BCUT2D eigenvalue weighted by Gasteiger charge is -2.31. The summed E-state index contributed by atoms with van der Waals surface area (Å²) in [5.41, 5.74) is 0. The lowest BCUT2D eigenvalue weighted by molar-refractivity contribution is -0.137. The molecule has 104 valence electrons. The molecule has 0 bridgehead atoms. The van der Waals surface area contributed by atoms with Crippen LogP contribution >= 0.6 is 0 Å². The first-order valence-corrected chi connectivity index (χ1v) is 6.46. The van der Waals surface area contributed by atoms with Crippen LogP contribution in [-0.4, -0.2) is 66.7 Å². The molecule has 0 saturated carbocycles. The van der Waals surface area contributed by atoms with Crippen molar-refractivity contribution < 1.29 is 14.7 Å². The predicted molar refractivity (Wildman–Crippen MR) is 68.5 cm³/mol. The van der Waals surface area contributed by atoms with Crippen LogP contribution in [-0.2, 0) is 4.79 Å². The zero-order valence-electron chi connectivity index (χ0n) is 11.2. The summed E-state index contributed by atoms with van der Waals surface area (Å²) < 4.78 is 0. The number of nitrogens with one attached hydrogen (secondary N) is 1. The third-order valence-corrected chi connectivity index (χ3v) is 3.42. The number of hydrogen-bond donors (Lipinski definition) is 2. The Morgan fingerprint density at radius 2 is 2.00 bits per heavy atom. The highest BCUT2D eigenvalue weighted by Gasteiger charge is 2.19. The van der Waals surface area contributed by atoms with E-state index in [4.69, 9.17) is 5.11 Å². The summed E-state index contributed by atoms with van der Waals surface area (Å²) in [6.07, 6.45) is 2.19. The maximum atomic E-state index is 11.6. The Kier molecular flexibility index (Phi) is 5.91. The maximum absolute atomic E-state index is 11.6. The number of hydrogen-bond acceptors (Lipinski definition) is 3. The Bertz CT molecular complexity index is 288. The van der Waals surface area contributed by atoms with Crippen molar-refractivity contribution in [3.63, 3.8) is 0 Å². The minimum Gasteiger partial charge on any atom is -0.480 e. The van der Waals surface area contributed by atoms with Gasteiger partial charge in [0.2, 0.25) is 0 Å². The molecular weight excluding hydrogens is 234 g/mol. The number of likely N-dealkylation sites (tertiary alicyclic amines) is 1. The van der Waals surface area contributed by atoms with Crippen molar-refractivity contribution in [3.8, 4) is 0 Å². The Balaban J connectivity index is 2.21. The Morgan fingerprint density at radius 3 is 2.50 bits per heavy atom. The highest BCUT2D eigenvalue weighted by molar-refractivity contribution is 5.79. The first-order chi connectivity index (χ1) is 8.52. The number of aliphatic carboxylic acids is 1. The second kappa shape index (κ2) is 7.20. The molecule has 1 fully saturated rings. The van der Waals surface area contributed by atoms with Gasteiger partial charge in [0.15, 0.2) is 0 Å². The normalized spacial score (nSPS) is 17.4. The van der Waals surface area contributed by atoms with Gasteiger partial charge in [-0.15, -0.1) is 0 Å². The van der Waals surface area contributed by atoms with E-state index >= 15 is 0 Å². The molecule has 1 aliphatic heterocycles. The molecule has 0 atom stereocenters. The van der Waals surface area contributed by atoms with E-state index in [1.807, 2.05) is 0 Å². The second-order valence-electron chi connectivity index (χ2n) is 4.81. The van der Waals surface area contributed by atoms with E-state index in [0.29, 0.717) is 12.5 Å². The summed E-state index contributed by atoms with van der Waals surface area (Å²) in [7, 11) is 1.49. The highest BCUT2D eigenvalue weighted by atomic mass is 16.4. The monoisotopic (exact) mass is 257 g/mol. The standard InChI is InChI=1S/C12H23N3O3/c1-3-15-6-4-10(5-7-15)8-13-12(18)14(2)9-11(16)17/h10H,3-9H2,1-2H3,(H,13,18)(H,16,17). The van der Waals surface area contributed by atoms with Crippen molar-refractivity contribution in [2.45, 2.75) is 19.8 Å². The van der Waals surface area contributed by atoms with Gasteiger partial charge in [0.25, 0.3) is 0 Å². The lowest BCUT2D eigenvalue weighted by Crippen LogP contribution is -2.43. The largest absolute Gasteiger partial charge is 0.480 e. The summed E-state index contributed by atoms with van der Waals surface area (Å²) >= 11 is 0. The van der Waals surface area contributed by atoms with Gasteiger partial charge in [0.05, 0.1) is 0 Å². The number of likely N-dealkylation sites (N-methyl/N-ethyl adjacent to an activating group) is 1. The third kappa shape index (κ3) is 4.91. The number of carbonyl (C=O) groups is 2. The maximum Gasteiger partial charge on any atom is 0.323 e. The number of carboxylic acids is 1. The summed E-state index contributed by atoms with van der Waals surface area (Å²) in [5.74, 6) is -0.487. The van der Waals surface area contributed by atoms with Crippen LogP contribution in [0.25, 0.3) is 0 Å². The number of nitrogens with zero attached hydrogens (tertiary/aromatic N) is 2. The zero-order chi connectivity index (χ0) is 13.5. The van der Waals surface area contributed by atoms with Gasteiger partial charge in [0, 0.05) is 13.6 Å². The Hall–Kier alpha value is -1.30. The van der Waals surface area contributed by atoms with E-state index < -0.39 is 5.97 Å². The zero-order valence-corrected chi connectivity index (χ0v) is 11.2. The van der Waals surface area contributed by atoms with Crippen molar-refractivity contribution in [1.82, 2.24) is 15.1 Å². The predicted octanol–water partition coefficient (Wildman–Crippen LogP) is 0.444. The molecule has 2 amide bonds. The summed E-state index contributed by atoms with van der Waals surface area (Å²) in [5, 5.41) is 11.4. The van der Waals surface area contributed by atoms with Gasteiger partial charge in [-0.25, -0.2) is 4.79 Å². The molecule has 6 heteroatoms. The molecule has 0 unspecified atom stereocenters. The summed E-state index contributed by atoms with van der Waals surface area (Å²) in [4.78, 5) is 25.6. The van der Waals surface area contributed by atoms with Crippen LogP contribution in [0.5, 0.6) is 0 Å². The number of rotatable bonds is 5. The van der Waals surface area contributed by atoms with E-state index in [-0.39, 0.29) is 12.6 Å². The summed E-state index contributed by atoms with van der Waals surface area (Å²) in [6, 6.07) is -0.310. The topological polar surface area (TPSA) is 72.9 Å². The molecule has 0 aromatic carbocycles. The lowest BCUT2D eigenvalue weighted by atomic mass is 9.97. The first-order valence-electron chi connectivity index (χ1n) is 6.46. The first kappa shape index (κ1) is 14.8. The average molecular weight is 257 g/mol. The Labute approximate surface area is 108 Å². The van der Waals surface area contributed by atoms with E-state index in [1.54, 1.807) is 0 Å². The molecule has 6 nitrogen and oxygen atoms in total. The van der Waals surface area contributed by atoms with Crippen LogP contribution in [0.4, 0.5) is 4.79 Å². The fourth-order valence-electron chi connectivity index (χ4n) is 2.15. The molecule has 1 heterocycles. The smallest absolute Gasteiger partial charge is 0.323 e. The van der Waals surface area contributed by atoms with Crippen LogP contribution in [0, 0.1) is 5.92 Å². The van der Waals surface area contributed by atoms with E-state index in [0.717, 1.165) is 32.5 Å². The third-order valence-electron chi connectivity index (χ3n) is 3.42. The van der Waals surface area contributed by atoms with Gasteiger partial charge >= 0.3 is 12.0 Å². The van der Waals surface area contributed by atoms with Crippen LogP contribution < -0.4 is 5.32 Å². The van der Waals surface area contributed by atoms with Crippen molar-refractivity contribution >= 4 is 12.0 Å². The van der Waals surface area contributed by atoms with Gasteiger partial charge in [0.1, 0.15) is 6.54 Å². The molecule has 1 aliphatic rings. The minimum absolute atomic E-state index is 0.264. The van der Waals surface area contributed by atoms with E-state index in [9.17, 15) is 9.59 Å². The summed E-state index contributed by atoms with van der Waals surface area (Å²) in [6.45, 7) is 5.79. The molecule has 2 N–H and O–H groups in total. The van der Waals surface area contributed by atoms with Crippen molar-refractivity contribution in [2.75, 3.05) is 39.8 Å². The minimum atomic E-state index is -0.996. The van der Waals surface area contributed by atoms with Crippen LogP contribution in [0.1, 0.15) is 19.8 Å². The highest BCUT2D eigenvalue weighted by Crippen LogP contribution is 2.15. The fourth-order valence-corrected chi connectivity index (χ4v) is 2.15. The van der Waals surface area contributed by atoms with Crippen molar-refractivity contribution in [2.24, 2.45) is 5.92 Å². The van der Waals surface area contributed by atoms with Crippen LogP contribution in [0.2, 0.25) is 0 Å². The Morgan fingerprint density at radius 1 is 1.39 bits per heavy atom. The number of carboxylic acid groups (broad SMARTS) is 1. The van der Waals surface area contributed by atoms with Gasteiger partial charge in [-0.3, -0.25) is 4.79 Å². The van der Waals surface area contributed by atoms with Gasteiger partial charge in [-0.1, -0.05) is 6.92 Å². The van der Waals surface area contributed by atoms with Crippen LogP contribution in [0.15, 0.2) is 0 Å². The number of carbonyl (C=O) groups excluding carboxylic acids is 1. The van der Waals surface area contributed by atoms with Gasteiger partial charge < -0.3 is 20.2 Å². The quantitative estimate of drug-likeness (QED) is 0.750. The molecule has 1 saturated heterocycles. The van der Waals surface area contributed by atoms with Crippen molar-refractivity contribution in [1.29, 1.82) is 0 Å². The SMILES string of the molecule is CCN1CCC(CNC(=O)N(C)CC(=O)O)CC1. The van der Waals surface area contributed by atoms with Crippen molar-refractivity contribution in [3.05, 3.63) is 0 Å². The molecular formula is C12H23N3O3. The second-order valence-corrected chi connectivity index (χ2v) is 4.81. The molecule has 0 aromatic rings. The molecule has 1 rings (SSSR count).